The van der Waals surface area contributed by atoms with E-state index in [2.05, 4.69) is 25.1 Å². The Kier molecular flexibility index (Phi) is 8.17. The van der Waals surface area contributed by atoms with E-state index in [4.69, 9.17) is 19.5 Å². The first-order chi connectivity index (χ1) is 18.1. The second kappa shape index (κ2) is 11.4. The van der Waals surface area contributed by atoms with Crippen LogP contribution in [0.4, 0.5) is 0 Å². The maximum Gasteiger partial charge on any atom is 0.403 e. The van der Waals surface area contributed by atoms with Crippen LogP contribution in [-0.4, -0.2) is 57.3 Å². The Morgan fingerprint density at radius 3 is 2.92 bits per heavy atom. The normalized spacial score (nSPS) is 21.5. The van der Waals surface area contributed by atoms with Gasteiger partial charge in [0, 0.05) is 46.6 Å². The van der Waals surface area contributed by atoms with Crippen LogP contribution >= 0.6 is 7.75 Å². The van der Waals surface area contributed by atoms with Gasteiger partial charge in [0.05, 0.1) is 25.9 Å². The number of H-pyrrole nitrogens is 2. The van der Waals surface area contributed by atoms with Crippen molar-refractivity contribution in [3.8, 4) is 0 Å². The monoisotopic (exact) mass is 547 g/mol. The molecular formula is C22H26N7O8P. The predicted octanol–water partition coefficient (Wildman–Crippen LogP) is 1.78. The summed E-state index contributed by atoms with van der Waals surface area (Å²) < 4.78 is 29.8. The third-order valence-corrected chi connectivity index (χ3v) is 7.31. The number of ether oxygens (including phenoxy) is 2. The van der Waals surface area contributed by atoms with E-state index in [0.29, 0.717) is 0 Å². The average Bonchev–Trinajstić information content (AvgIpc) is 3.48. The van der Waals surface area contributed by atoms with E-state index in [9.17, 15) is 23.8 Å². The number of hydrogen-bond donors (Lipinski definition) is 4. The molecule has 1 aliphatic rings. The quantitative estimate of drug-likeness (QED) is 0.0955. The Morgan fingerprint density at radius 2 is 2.18 bits per heavy atom. The molecule has 0 saturated carbocycles. The molecule has 38 heavy (non-hydrogen) atoms. The van der Waals surface area contributed by atoms with Gasteiger partial charge in [0.1, 0.15) is 12.3 Å². The number of methoxy groups -OCH3 is 1. The molecule has 4 N–H and O–H groups in total. The fourth-order valence-electron chi connectivity index (χ4n) is 4.28. The average molecular weight is 547 g/mol. The highest BCUT2D eigenvalue weighted by atomic mass is 31.2. The maximum atomic E-state index is 12.9. The van der Waals surface area contributed by atoms with Gasteiger partial charge in [-0.2, -0.15) is 0 Å². The Balaban J connectivity index is 1.46. The van der Waals surface area contributed by atoms with Gasteiger partial charge in [0.25, 0.3) is 5.56 Å². The van der Waals surface area contributed by atoms with Crippen molar-refractivity contribution in [2.24, 2.45) is 5.11 Å². The number of aromatic amines is 2. The molecule has 0 amide bonds. The number of hydrogen-bond acceptors (Lipinski definition) is 8. The van der Waals surface area contributed by atoms with Crippen molar-refractivity contribution in [3.05, 3.63) is 79.1 Å². The van der Waals surface area contributed by atoms with Crippen LogP contribution in [0.3, 0.4) is 0 Å². The molecule has 1 aliphatic heterocycles. The van der Waals surface area contributed by atoms with Crippen LogP contribution < -0.4 is 16.3 Å². The number of azide groups is 1. The maximum absolute atomic E-state index is 12.9. The van der Waals surface area contributed by atoms with Gasteiger partial charge in [0.15, 0.2) is 0 Å². The summed E-state index contributed by atoms with van der Waals surface area (Å²) >= 11 is 0. The number of rotatable bonds is 10. The number of para-hydroxylation sites is 1. The molecule has 1 saturated heterocycles. The van der Waals surface area contributed by atoms with Gasteiger partial charge in [-0.1, -0.05) is 23.3 Å². The molecule has 0 spiro atoms. The number of aromatic nitrogens is 3. The van der Waals surface area contributed by atoms with Crippen molar-refractivity contribution < 1.29 is 28.3 Å². The molecular weight excluding hydrogens is 521 g/mol. The lowest BCUT2D eigenvalue weighted by Crippen LogP contribution is -2.38. The van der Waals surface area contributed by atoms with Gasteiger partial charge in [-0.05, 0) is 24.1 Å². The van der Waals surface area contributed by atoms with Gasteiger partial charge in [-0.3, -0.25) is 23.7 Å². The molecule has 4 rings (SSSR count). The molecule has 0 bridgehead atoms. The summed E-state index contributed by atoms with van der Waals surface area (Å²) in [5, 5.41) is 6.82. The van der Waals surface area contributed by atoms with E-state index in [1.165, 1.54) is 13.1 Å². The fraction of sp³-hybridized carbons (Fsp3) is 0.409. The Hall–Kier alpha value is -3.71. The summed E-state index contributed by atoms with van der Waals surface area (Å²) in [5.74, 6) is -0.773. The molecule has 0 aliphatic carbocycles. The zero-order valence-corrected chi connectivity index (χ0v) is 21.3. The third-order valence-electron chi connectivity index (χ3n) is 6.18. The topological polar surface area (TPSA) is 213 Å². The summed E-state index contributed by atoms with van der Waals surface area (Å²) in [6, 6.07) is 5.33. The molecule has 1 aromatic carbocycles. The number of benzene rings is 1. The van der Waals surface area contributed by atoms with Crippen molar-refractivity contribution in [3.63, 3.8) is 0 Å². The minimum Gasteiger partial charge on any atom is -0.468 e. The number of fused-ring (bicyclic) bond motifs is 1. The molecule has 16 heteroatoms. The van der Waals surface area contributed by atoms with Crippen LogP contribution in [0.2, 0.25) is 0 Å². The molecule has 0 radical (unpaired) electrons. The minimum atomic E-state index is -4.60. The van der Waals surface area contributed by atoms with E-state index in [1.54, 1.807) is 6.20 Å². The van der Waals surface area contributed by atoms with Crippen molar-refractivity contribution in [2.45, 2.75) is 44.2 Å². The van der Waals surface area contributed by atoms with Crippen LogP contribution in [0.15, 0.2) is 51.4 Å². The lowest BCUT2D eigenvalue weighted by molar-refractivity contribution is -0.142. The highest BCUT2D eigenvalue weighted by Crippen LogP contribution is 2.40. The van der Waals surface area contributed by atoms with E-state index in [1.807, 2.05) is 24.3 Å². The fourth-order valence-corrected chi connectivity index (χ4v) is 5.29. The molecule has 2 aromatic heterocycles. The zero-order chi connectivity index (χ0) is 27.4. The molecule has 4 unspecified atom stereocenters. The summed E-state index contributed by atoms with van der Waals surface area (Å²) in [6.45, 7) is 1.01. The second-order valence-electron chi connectivity index (χ2n) is 8.70. The van der Waals surface area contributed by atoms with Crippen molar-refractivity contribution in [2.75, 3.05) is 13.7 Å². The van der Waals surface area contributed by atoms with E-state index >= 15 is 0 Å². The van der Waals surface area contributed by atoms with Gasteiger partial charge >= 0.3 is 19.4 Å². The predicted molar refractivity (Wildman–Crippen MR) is 134 cm³/mol. The largest absolute Gasteiger partial charge is 0.468 e. The number of aryl methyl sites for hydroxylation is 1. The highest BCUT2D eigenvalue weighted by Gasteiger charge is 2.39. The van der Waals surface area contributed by atoms with Crippen molar-refractivity contribution in [1.29, 1.82) is 0 Å². The number of nitrogens with one attached hydrogen (secondary N) is 3. The lowest BCUT2D eigenvalue weighted by Gasteiger charge is -2.22. The van der Waals surface area contributed by atoms with Crippen molar-refractivity contribution in [1.82, 2.24) is 19.6 Å². The minimum absolute atomic E-state index is 0.0302. The molecule has 3 aromatic rings. The third kappa shape index (κ3) is 6.05. The number of esters is 1. The molecule has 202 valence electrons. The van der Waals surface area contributed by atoms with Gasteiger partial charge < -0.3 is 19.4 Å². The van der Waals surface area contributed by atoms with Crippen molar-refractivity contribution >= 4 is 24.6 Å². The zero-order valence-electron chi connectivity index (χ0n) is 20.4. The number of carbonyl (C=O) groups excluding carboxylic acids is 1. The van der Waals surface area contributed by atoms with E-state index in [-0.39, 0.29) is 18.4 Å². The summed E-state index contributed by atoms with van der Waals surface area (Å²) in [6.07, 6.45) is 1.18. The number of nitrogens with zero attached hydrogens (tertiary/aromatic N) is 4. The summed E-state index contributed by atoms with van der Waals surface area (Å²) in [5.41, 5.74) is 9.50. The smallest absolute Gasteiger partial charge is 0.403 e. The Bertz CT molecular complexity index is 1540. The molecule has 5 atom stereocenters. The van der Waals surface area contributed by atoms with Crippen LogP contribution in [0, 0.1) is 6.92 Å². The molecule has 1 fully saturated rings. The Labute approximate surface area is 214 Å². The van der Waals surface area contributed by atoms with Crippen LogP contribution in [0.1, 0.15) is 23.8 Å². The van der Waals surface area contributed by atoms with E-state index in [0.717, 1.165) is 28.1 Å². The van der Waals surface area contributed by atoms with Gasteiger partial charge in [0.2, 0.25) is 0 Å². The first-order valence-corrected chi connectivity index (χ1v) is 13.1. The molecule has 15 nitrogen and oxygen atoms in total. The van der Waals surface area contributed by atoms with Crippen LogP contribution in [-0.2, 0) is 29.8 Å². The highest BCUT2D eigenvalue weighted by molar-refractivity contribution is 7.50. The standard InChI is InChI=1S/C22H26N7O8P/c1-12-10-29(22(32)25-20(12)30)19-8-16(26-28-23)18(37-19)11-36-38(33,34)27-17(21(31)35-2)7-13-9-24-15-6-4-3-5-14(13)15/h3-6,9-10,16-19,24H,7-8,11H2,1-2H3,(H,25,30,32)(H2,27,33,34)/t16?,17-,18?,19?/m0/s1. The first kappa shape index (κ1) is 27.3. The lowest BCUT2D eigenvalue weighted by atomic mass is 10.1. The van der Waals surface area contributed by atoms with Crippen LogP contribution in [0.5, 0.6) is 0 Å². The summed E-state index contributed by atoms with van der Waals surface area (Å²) in [7, 11) is -3.44. The molecule has 3 heterocycles. The summed E-state index contributed by atoms with van der Waals surface area (Å²) in [4.78, 5) is 54.8. The Morgan fingerprint density at radius 1 is 1.42 bits per heavy atom. The first-order valence-electron chi connectivity index (χ1n) is 11.5. The second-order valence-corrected chi connectivity index (χ2v) is 10.3. The van der Waals surface area contributed by atoms with E-state index < -0.39 is 56.0 Å². The van der Waals surface area contributed by atoms with Crippen LogP contribution in [0.25, 0.3) is 21.3 Å². The SMILES string of the molecule is COC(=O)[C@H](Cc1c[nH]c2ccccc12)NP(=O)(O)OCC1OC(n2cc(C)c(=O)[nH]c2=O)CC1N=[N+]=[N-]. The number of carbonyl (C=O) groups is 1. The van der Waals surface area contributed by atoms with Gasteiger partial charge in [-0.15, -0.1) is 0 Å². The van der Waals surface area contributed by atoms with Gasteiger partial charge in [-0.25, -0.2) is 14.4 Å².